The number of hydrogen-bond acceptors (Lipinski definition) is 4. The highest BCUT2D eigenvalue weighted by molar-refractivity contribution is 6.30. The van der Waals surface area contributed by atoms with Crippen molar-refractivity contribution >= 4 is 34.8 Å². The van der Waals surface area contributed by atoms with Crippen LogP contribution in [0.25, 0.3) is 0 Å². The van der Waals surface area contributed by atoms with Gasteiger partial charge in [0, 0.05) is 42.6 Å². The summed E-state index contributed by atoms with van der Waals surface area (Å²) in [5.74, 6) is -0.0726. The molecule has 30 heavy (non-hydrogen) atoms. The lowest BCUT2D eigenvalue weighted by molar-refractivity contribution is -0.132. The Morgan fingerprint density at radius 2 is 1.63 bits per heavy atom. The Morgan fingerprint density at radius 1 is 1.00 bits per heavy atom. The molecule has 0 radical (unpaired) electrons. The summed E-state index contributed by atoms with van der Waals surface area (Å²) in [5.41, 5.74) is 3.98. The standard InChI is InChI=1S/C23H29ClN4O2/c1-17-6-4-7-18(2)23(17)25-21(29)15-26(3)16-22(30)28-12-10-27(11-13-28)20-9-5-8-19(24)14-20/h4-9,14H,10-13,15-16H2,1-3H3,(H,25,29). The average Bonchev–Trinajstić information content (AvgIpc) is 2.71. The van der Waals surface area contributed by atoms with Crippen molar-refractivity contribution in [2.45, 2.75) is 13.8 Å². The van der Waals surface area contributed by atoms with E-state index in [2.05, 4.69) is 10.2 Å². The Labute approximate surface area is 183 Å². The number of benzene rings is 2. The summed E-state index contributed by atoms with van der Waals surface area (Å²) in [6.07, 6.45) is 0. The predicted molar refractivity (Wildman–Crippen MR) is 122 cm³/mol. The van der Waals surface area contributed by atoms with Crippen LogP contribution in [0.3, 0.4) is 0 Å². The Kier molecular flexibility index (Phi) is 7.34. The molecule has 2 amide bonds. The maximum Gasteiger partial charge on any atom is 0.238 e. The summed E-state index contributed by atoms with van der Waals surface area (Å²) in [4.78, 5) is 30.9. The number of para-hydroxylation sites is 1. The maximum absolute atomic E-state index is 12.7. The van der Waals surface area contributed by atoms with E-state index in [0.717, 1.165) is 35.6 Å². The molecule has 0 bridgehead atoms. The SMILES string of the molecule is Cc1cccc(C)c1NC(=O)CN(C)CC(=O)N1CCN(c2cccc(Cl)c2)CC1. The fraction of sp³-hybridized carbons (Fsp3) is 0.391. The normalized spacial score (nSPS) is 14.2. The summed E-state index contributed by atoms with van der Waals surface area (Å²) in [7, 11) is 1.80. The van der Waals surface area contributed by atoms with Gasteiger partial charge < -0.3 is 15.1 Å². The van der Waals surface area contributed by atoms with Gasteiger partial charge in [0.25, 0.3) is 0 Å². The second-order valence-electron chi connectivity index (χ2n) is 7.83. The molecule has 0 aliphatic carbocycles. The molecule has 0 aromatic heterocycles. The summed E-state index contributed by atoms with van der Waals surface area (Å²) >= 11 is 6.08. The number of halogens is 1. The molecular weight excluding hydrogens is 400 g/mol. The number of aryl methyl sites for hydroxylation is 2. The summed E-state index contributed by atoms with van der Waals surface area (Å²) in [5, 5.41) is 3.68. The average molecular weight is 429 g/mol. The third kappa shape index (κ3) is 5.74. The van der Waals surface area contributed by atoms with E-state index in [1.54, 1.807) is 11.9 Å². The quantitative estimate of drug-likeness (QED) is 0.767. The fourth-order valence-electron chi connectivity index (χ4n) is 3.71. The number of rotatable bonds is 6. The largest absolute Gasteiger partial charge is 0.368 e. The summed E-state index contributed by atoms with van der Waals surface area (Å²) in [6, 6.07) is 13.7. The first-order valence-electron chi connectivity index (χ1n) is 10.2. The molecule has 3 rings (SSSR count). The molecular formula is C23H29ClN4O2. The highest BCUT2D eigenvalue weighted by Gasteiger charge is 2.23. The highest BCUT2D eigenvalue weighted by atomic mass is 35.5. The van der Waals surface area contributed by atoms with E-state index in [1.807, 2.05) is 61.2 Å². The van der Waals surface area contributed by atoms with E-state index in [4.69, 9.17) is 11.6 Å². The minimum absolute atomic E-state index is 0.0446. The second-order valence-corrected chi connectivity index (χ2v) is 8.27. The zero-order valence-electron chi connectivity index (χ0n) is 17.8. The van der Waals surface area contributed by atoms with E-state index >= 15 is 0 Å². The molecule has 1 heterocycles. The molecule has 2 aromatic rings. The number of hydrogen-bond donors (Lipinski definition) is 1. The van der Waals surface area contributed by atoms with E-state index in [0.29, 0.717) is 18.1 Å². The number of carbonyl (C=O) groups excluding carboxylic acids is 2. The molecule has 0 unspecified atom stereocenters. The van der Waals surface area contributed by atoms with Crippen molar-refractivity contribution in [1.82, 2.24) is 9.80 Å². The van der Waals surface area contributed by atoms with Gasteiger partial charge in [-0.2, -0.15) is 0 Å². The number of piperazine rings is 1. The van der Waals surface area contributed by atoms with Gasteiger partial charge in [-0.3, -0.25) is 14.5 Å². The molecule has 0 atom stereocenters. The van der Waals surface area contributed by atoms with Gasteiger partial charge in [-0.1, -0.05) is 35.9 Å². The molecule has 6 nitrogen and oxygen atoms in total. The van der Waals surface area contributed by atoms with Gasteiger partial charge in [0.2, 0.25) is 11.8 Å². The molecule has 0 spiro atoms. The van der Waals surface area contributed by atoms with Crippen molar-refractivity contribution in [2.75, 3.05) is 56.5 Å². The Bertz CT molecular complexity index is 890. The molecule has 160 valence electrons. The lowest BCUT2D eigenvalue weighted by Crippen LogP contribution is -2.51. The van der Waals surface area contributed by atoms with Crippen molar-refractivity contribution < 1.29 is 9.59 Å². The van der Waals surface area contributed by atoms with E-state index in [9.17, 15) is 9.59 Å². The number of nitrogens with one attached hydrogen (secondary N) is 1. The predicted octanol–water partition coefficient (Wildman–Crippen LogP) is 3.18. The maximum atomic E-state index is 12.7. The molecule has 2 aromatic carbocycles. The van der Waals surface area contributed by atoms with E-state index in [1.165, 1.54) is 0 Å². The van der Waals surface area contributed by atoms with Crippen LogP contribution in [0.2, 0.25) is 5.02 Å². The van der Waals surface area contributed by atoms with Crippen LogP contribution in [0.5, 0.6) is 0 Å². The minimum Gasteiger partial charge on any atom is -0.368 e. The monoisotopic (exact) mass is 428 g/mol. The van der Waals surface area contributed by atoms with Gasteiger partial charge in [0.15, 0.2) is 0 Å². The van der Waals surface area contributed by atoms with E-state index in [-0.39, 0.29) is 24.9 Å². The van der Waals surface area contributed by atoms with Gasteiger partial charge in [-0.05, 0) is 50.2 Å². The van der Waals surface area contributed by atoms with Gasteiger partial charge in [0.05, 0.1) is 13.1 Å². The van der Waals surface area contributed by atoms with Crippen LogP contribution >= 0.6 is 11.6 Å². The van der Waals surface area contributed by atoms with Crippen LogP contribution < -0.4 is 10.2 Å². The van der Waals surface area contributed by atoms with Crippen molar-refractivity contribution in [3.8, 4) is 0 Å². The van der Waals surface area contributed by atoms with Crippen LogP contribution in [0.15, 0.2) is 42.5 Å². The van der Waals surface area contributed by atoms with E-state index < -0.39 is 0 Å². The number of carbonyl (C=O) groups is 2. The van der Waals surface area contributed by atoms with Crippen molar-refractivity contribution in [2.24, 2.45) is 0 Å². The first-order valence-corrected chi connectivity index (χ1v) is 10.5. The zero-order chi connectivity index (χ0) is 21.7. The minimum atomic E-state index is -0.117. The van der Waals surface area contributed by atoms with Crippen LogP contribution in [-0.4, -0.2) is 67.9 Å². The smallest absolute Gasteiger partial charge is 0.238 e. The topological polar surface area (TPSA) is 55.9 Å². The fourth-order valence-corrected chi connectivity index (χ4v) is 3.89. The first-order chi connectivity index (χ1) is 14.3. The lowest BCUT2D eigenvalue weighted by atomic mass is 10.1. The van der Waals surface area contributed by atoms with Crippen molar-refractivity contribution in [3.05, 3.63) is 58.6 Å². The van der Waals surface area contributed by atoms with Crippen molar-refractivity contribution in [3.63, 3.8) is 0 Å². The molecule has 1 N–H and O–H groups in total. The first kappa shape index (κ1) is 22.1. The van der Waals surface area contributed by atoms with Crippen LogP contribution in [-0.2, 0) is 9.59 Å². The van der Waals surface area contributed by atoms with Gasteiger partial charge in [0.1, 0.15) is 0 Å². The lowest BCUT2D eigenvalue weighted by Gasteiger charge is -2.36. The Morgan fingerprint density at radius 3 is 2.27 bits per heavy atom. The third-order valence-corrected chi connectivity index (χ3v) is 5.61. The number of amides is 2. The van der Waals surface area contributed by atoms with Crippen molar-refractivity contribution in [1.29, 1.82) is 0 Å². The van der Waals surface area contributed by atoms with Crippen LogP contribution in [0, 0.1) is 13.8 Å². The summed E-state index contributed by atoms with van der Waals surface area (Å²) < 4.78 is 0. The van der Waals surface area contributed by atoms with Crippen LogP contribution in [0.4, 0.5) is 11.4 Å². The van der Waals surface area contributed by atoms with Gasteiger partial charge in [-0.15, -0.1) is 0 Å². The van der Waals surface area contributed by atoms with Gasteiger partial charge >= 0.3 is 0 Å². The highest BCUT2D eigenvalue weighted by Crippen LogP contribution is 2.21. The number of likely N-dealkylation sites (N-methyl/N-ethyl adjacent to an activating group) is 1. The summed E-state index contributed by atoms with van der Waals surface area (Å²) in [6.45, 7) is 7.18. The molecule has 1 aliphatic heterocycles. The molecule has 7 heteroatoms. The molecule has 1 aliphatic rings. The second kappa shape index (κ2) is 9.96. The van der Waals surface area contributed by atoms with Gasteiger partial charge in [-0.25, -0.2) is 0 Å². The zero-order valence-corrected chi connectivity index (χ0v) is 18.6. The molecule has 1 saturated heterocycles. The third-order valence-electron chi connectivity index (χ3n) is 5.37. The Balaban J connectivity index is 1.46. The molecule has 0 saturated carbocycles. The van der Waals surface area contributed by atoms with Crippen LogP contribution in [0.1, 0.15) is 11.1 Å². The number of anilines is 2. The molecule has 1 fully saturated rings. The number of nitrogens with zero attached hydrogens (tertiary/aromatic N) is 3. The Hall–Kier alpha value is -2.57.